The van der Waals surface area contributed by atoms with Gasteiger partial charge in [0.2, 0.25) is 0 Å². The summed E-state index contributed by atoms with van der Waals surface area (Å²) in [6, 6.07) is 3.48. The van der Waals surface area contributed by atoms with E-state index in [-0.39, 0.29) is 22.0 Å². The maximum Gasteiger partial charge on any atom is 0.335 e. The predicted octanol–water partition coefficient (Wildman–Crippen LogP) is 1.46. The third kappa shape index (κ3) is 1.94. The Morgan fingerprint density at radius 1 is 1.43 bits per heavy atom. The zero-order valence-electron chi connectivity index (χ0n) is 6.81. The molecule has 14 heavy (non-hydrogen) atoms. The molecular formula is C8H6ClNO4. The highest BCUT2D eigenvalue weighted by molar-refractivity contribution is 6.69. The van der Waals surface area contributed by atoms with Crippen molar-refractivity contribution in [3.05, 3.63) is 29.3 Å². The molecule has 0 bridgehead atoms. The van der Waals surface area contributed by atoms with Crippen molar-refractivity contribution in [1.82, 2.24) is 0 Å². The van der Waals surface area contributed by atoms with Crippen molar-refractivity contribution >= 4 is 22.7 Å². The summed E-state index contributed by atoms with van der Waals surface area (Å²) in [7, 11) is 0. The number of carboxylic acids is 1. The van der Waals surface area contributed by atoms with Gasteiger partial charge in [-0.15, -0.1) is 0 Å². The molecule has 1 rings (SSSR count). The highest BCUT2D eigenvalue weighted by atomic mass is 35.5. The maximum absolute atomic E-state index is 10.5. The van der Waals surface area contributed by atoms with Gasteiger partial charge < -0.3 is 15.4 Å². The third-order valence-corrected chi connectivity index (χ3v) is 1.83. The van der Waals surface area contributed by atoms with Crippen LogP contribution < -0.4 is 0 Å². The minimum atomic E-state index is -1.16. The van der Waals surface area contributed by atoms with E-state index in [1.54, 1.807) is 0 Å². The van der Waals surface area contributed by atoms with Crippen LogP contribution in [0, 0.1) is 0 Å². The largest absolute Gasteiger partial charge is 0.507 e. The predicted molar refractivity (Wildman–Crippen MR) is 49.2 cm³/mol. The van der Waals surface area contributed by atoms with Gasteiger partial charge in [-0.1, -0.05) is 16.8 Å². The van der Waals surface area contributed by atoms with E-state index in [0.29, 0.717) is 0 Å². The van der Waals surface area contributed by atoms with E-state index in [4.69, 9.17) is 21.9 Å². The van der Waals surface area contributed by atoms with Crippen molar-refractivity contribution in [2.45, 2.75) is 0 Å². The number of aromatic carboxylic acids is 1. The van der Waals surface area contributed by atoms with Gasteiger partial charge in [0.05, 0.1) is 11.1 Å². The Morgan fingerprint density at radius 3 is 2.57 bits per heavy atom. The summed E-state index contributed by atoms with van der Waals surface area (Å²) in [5.41, 5.74) is -0.0892. The summed E-state index contributed by atoms with van der Waals surface area (Å²) in [4.78, 5) is 10.5. The van der Waals surface area contributed by atoms with Gasteiger partial charge in [0.25, 0.3) is 0 Å². The molecule has 0 saturated heterocycles. The van der Waals surface area contributed by atoms with Crippen molar-refractivity contribution in [2.75, 3.05) is 0 Å². The van der Waals surface area contributed by atoms with E-state index in [1.807, 2.05) is 0 Å². The van der Waals surface area contributed by atoms with Crippen molar-refractivity contribution in [1.29, 1.82) is 0 Å². The highest BCUT2D eigenvalue weighted by Crippen LogP contribution is 2.20. The van der Waals surface area contributed by atoms with E-state index >= 15 is 0 Å². The topological polar surface area (TPSA) is 90.1 Å². The molecule has 3 N–H and O–H groups in total. The number of phenols is 1. The zero-order valence-corrected chi connectivity index (χ0v) is 7.56. The van der Waals surface area contributed by atoms with Gasteiger partial charge in [-0.3, -0.25) is 0 Å². The average Bonchev–Trinajstić information content (AvgIpc) is 2.17. The molecule has 0 aliphatic rings. The number of phenolic OH excluding ortho intramolecular Hbond substituents is 1. The number of rotatable bonds is 2. The number of benzene rings is 1. The quantitative estimate of drug-likeness (QED) is 0.396. The van der Waals surface area contributed by atoms with Crippen molar-refractivity contribution < 1.29 is 20.2 Å². The summed E-state index contributed by atoms with van der Waals surface area (Å²) >= 11 is 5.42. The van der Waals surface area contributed by atoms with Gasteiger partial charge in [-0.2, -0.15) is 0 Å². The molecule has 0 atom stereocenters. The fourth-order valence-corrected chi connectivity index (χ4v) is 1.04. The van der Waals surface area contributed by atoms with Gasteiger partial charge in [0.15, 0.2) is 5.17 Å². The van der Waals surface area contributed by atoms with Crippen LogP contribution in [0.5, 0.6) is 5.75 Å². The highest BCUT2D eigenvalue weighted by Gasteiger charge is 2.11. The van der Waals surface area contributed by atoms with Gasteiger partial charge in [-0.25, -0.2) is 4.79 Å². The smallest absolute Gasteiger partial charge is 0.335 e. The molecule has 0 amide bonds. The Labute approximate surface area is 83.9 Å². The van der Waals surface area contributed by atoms with Crippen molar-refractivity contribution in [3.8, 4) is 5.75 Å². The number of carboxylic acid groups (broad SMARTS) is 1. The molecule has 1 aromatic carbocycles. The number of aromatic hydroxyl groups is 1. The lowest BCUT2D eigenvalue weighted by molar-refractivity contribution is 0.0697. The SMILES string of the molecule is O=C(O)c1ccc(O)c(C(Cl)=NO)c1. The molecule has 0 aliphatic heterocycles. The van der Waals surface area contributed by atoms with Crippen LogP contribution >= 0.6 is 11.6 Å². The summed E-state index contributed by atoms with van der Waals surface area (Å²) in [5, 5.41) is 28.5. The fraction of sp³-hybridized carbons (Fsp3) is 0. The van der Waals surface area contributed by atoms with E-state index in [2.05, 4.69) is 5.16 Å². The first-order valence-corrected chi connectivity index (χ1v) is 3.88. The molecule has 0 radical (unpaired) electrons. The standard InChI is InChI=1S/C8H6ClNO4/c9-7(10-14)5-3-4(8(12)13)1-2-6(5)11/h1-3,11,14H,(H,12,13). The molecule has 1 aromatic rings. The fourth-order valence-electron chi connectivity index (χ4n) is 0.888. The minimum Gasteiger partial charge on any atom is -0.507 e. The minimum absolute atomic E-state index is 0.0333. The molecular weight excluding hydrogens is 210 g/mol. The number of oxime groups is 1. The lowest BCUT2D eigenvalue weighted by Gasteiger charge is -2.02. The Morgan fingerprint density at radius 2 is 2.07 bits per heavy atom. The Balaban J connectivity index is 3.28. The molecule has 6 heteroatoms. The lowest BCUT2D eigenvalue weighted by atomic mass is 10.1. The Kier molecular flexibility index (Phi) is 2.93. The number of hydrogen-bond donors (Lipinski definition) is 3. The first kappa shape index (κ1) is 10.3. The molecule has 0 aliphatic carbocycles. The molecule has 0 unspecified atom stereocenters. The van der Waals surface area contributed by atoms with Gasteiger partial charge in [-0.05, 0) is 18.2 Å². The number of halogens is 1. The monoisotopic (exact) mass is 215 g/mol. The normalized spacial score (nSPS) is 11.4. The summed E-state index contributed by atoms with van der Waals surface area (Å²) in [6.45, 7) is 0. The van der Waals surface area contributed by atoms with Crippen LogP contribution in [0.15, 0.2) is 23.4 Å². The first-order chi connectivity index (χ1) is 6.56. The summed E-state index contributed by atoms with van der Waals surface area (Å²) < 4.78 is 0. The van der Waals surface area contributed by atoms with E-state index < -0.39 is 5.97 Å². The molecule has 5 nitrogen and oxygen atoms in total. The maximum atomic E-state index is 10.5. The molecule has 0 spiro atoms. The molecule has 74 valence electrons. The van der Waals surface area contributed by atoms with Crippen molar-refractivity contribution in [2.24, 2.45) is 5.16 Å². The first-order valence-electron chi connectivity index (χ1n) is 3.50. The van der Waals surface area contributed by atoms with E-state index in [0.717, 1.165) is 12.1 Å². The second-order valence-electron chi connectivity index (χ2n) is 2.43. The third-order valence-electron chi connectivity index (χ3n) is 1.55. The van der Waals surface area contributed by atoms with Crippen molar-refractivity contribution in [3.63, 3.8) is 0 Å². The average molecular weight is 216 g/mol. The van der Waals surface area contributed by atoms with Crippen LogP contribution in [-0.2, 0) is 0 Å². The van der Waals surface area contributed by atoms with E-state index in [9.17, 15) is 9.90 Å². The van der Waals surface area contributed by atoms with Crippen LogP contribution in [-0.4, -0.2) is 26.6 Å². The number of carbonyl (C=O) groups is 1. The Hall–Kier alpha value is -1.75. The lowest BCUT2D eigenvalue weighted by Crippen LogP contribution is -1.99. The molecule has 0 fully saturated rings. The van der Waals surface area contributed by atoms with E-state index in [1.165, 1.54) is 6.07 Å². The van der Waals surface area contributed by atoms with Crippen LogP contribution in [0.25, 0.3) is 0 Å². The summed E-state index contributed by atoms with van der Waals surface area (Å²) in [5.74, 6) is -1.41. The molecule has 0 saturated carbocycles. The van der Waals surface area contributed by atoms with Crippen LogP contribution in [0.2, 0.25) is 0 Å². The second-order valence-corrected chi connectivity index (χ2v) is 2.79. The number of hydrogen-bond acceptors (Lipinski definition) is 4. The van der Waals surface area contributed by atoms with Crippen LogP contribution in [0.1, 0.15) is 15.9 Å². The van der Waals surface area contributed by atoms with Gasteiger partial charge in [0.1, 0.15) is 5.75 Å². The van der Waals surface area contributed by atoms with Gasteiger partial charge >= 0.3 is 5.97 Å². The van der Waals surface area contributed by atoms with Gasteiger partial charge in [0, 0.05) is 0 Å². The Bertz CT molecular complexity index is 402. The van der Waals surface area contributed by atoms with Crippen LogP contribution in [0.4, 0.5) is 0 Å². The molecule has 0 heterocycles. The number of nitrogens with zero attached hydrogens (tertiary/aromatic N) is 1. The molecule has 0 aromatic heterocycles. The summed E-state index contributed by atoms with van der Waals surface area (Å²) in [6.07, 6.45) is 0. The zero-order chi connectivity index (χ0) is 10.7. The second kappa shape index (κ2) is 3.97. The van der Waals surface area contributed by atoms with Crippen LogP contribution in [0.3, 0.4) is 0 Å².